The van der Waals surface area contributed by atoms with E-state index in [1.165, 1.54) is 0 Å². The van der Waals surface area contributed by atoms with E-state index in [0.29, 0.717) is 0 Å². The summed E-state index contributed by atoms with van der Waals surface area (Å²) in [6, 6.07) is 0. The second-order valence-corrected chi connectivity index (χ2v) is 0.598. The first kappa shape index (κ1) is 10.0. The zero-order valence-electron chi connectivity index (χ0n) is 3.35. The number of hydrogen-bond acceptors (Lipinski definition) is 2. The standard InChI is InChI=1S/C2H5NO2.Sr/c3-1-2(4)5;/h1,3H2,(H,4,5);. The first-order valence-corrected chi connectivity index (χ1v) is 1.19. The molecule has 0 bridgehead atoms. The Morgan fingerprint density at radius 2 is 2.00 bits per heavy atom. The van der Waals surface area contributed by atoms with Gasteiger partial charge in [0.2, 0.25) is 0 Å². The Labute approximate surface area is 72.8 Å². The van der Waals surface area contributed by atoms with Gasteiger partial charge in [0.15, 0.2) is 0 Å². The van der Waals surface area contributed by atoms with Crippen LogP contribution in [0.4, 0.5) is 0 Å². The number of carbonyl (C=O) groups is 1. The summed E-state index contributed by atoms with van der Waals surface area (Å²) in [6.45, 7) is -0.278. The molecular weight excluding hydrogens is 158 g/mol. The van der Waals surface area contributed by atoms with E-state index in [9.17, 15) is 4.79 Å². The molecule has 0 heterocycles. The number of carboxylic acid groups (broad SMARTS) is 1. The van der Waals surface area contributed by atoms with Crippen molar-refractivity contribution in [1.29, 1.82) is 0 Å². The van der Waals surface area contributed by atoms with E-state index in [2.05, 4.69) is 5.73 Å². The SMILES string of the molecule is NCC(=O)O.[Sr]. The fourth-order valence-corrected chi connectivity index (χ4v) is 0. The molecule has 0 amide bonds. The van der Waals surface area contributed by atoms with Crippen molar-refractivity contribution in [2.75, 3.05) is 6.54 Å². The minimum atomic E-state index is -0.968. The smallest absolute Gasteiger partial charge is 0.317 e. The van der Waals surface area contributed by atoms with Crippen LogP contribution in [0.1, 0.15) is 0 Å². The van der Waals surface area contributed by atoms with E-state index in [1.54, 1.807) is 0 Å². The molecule has 0 saturated heterocycles. The van der Waals surface area contributed by atoms with Crippen molar-refractivity contribution in [3.05, 3.63) is 0 Å². The molecule has 0 aromatic rings. The van der Waals surface area contributed by atoms with Crippen molar-refractivity contribution in [3.63, 3.8) is 0 Å². The van der Waals surface area contributed by atoms with Gasteiger partial charge in [-0.15, -0.1) is 0 Å². The van der Waals surface area contributed by atoms with E-state index in [-0.39, 0.29) is 52.0 Å². The molecule has 6 heavy (non-hydrogen) atoms. The fourth-order valence-electron chi connectivity index (χ4n) is 0. The van der Waals surface area contributed by atoms with E-state index in [0.717, 1.165) is 0 Å². The predicted octanol–water partition coefficient (Wildman–Crippen LogP) is -1.35. The molecule has 0 rings (SSSR count). The number of carboxylic acids is 1. The van der Waals surface area contributed by atoms with Gasteiger partial charge < -0.3 is 10.8 Å². The average molecular weight is 163 g/mol. The van der Waals surface area contributed by atoms with Gasteiger partial charge in [-0.25, -0.2) is 0 Å². The summed E-state index contributed by atoms with van der Waals surface area (Å²) in [6.07, 6.45) is 0. The van der Waals surface area contributed by atoms with Crippen molar-refractivity contribution in [2.24, 2.45) is 5.73 Å². The Bertz CT molecular complexity index is 46.8. The number of hydrogen-bond donors (Lipinski definition) is 2. The Hall–Kier alpha value is 0.911. The van der Waals surface area contributed by atoms with Gasteiger partial charge >= 0.3 is 5.97 Å². The Morgan fingerprint density at radius 3 is 2.00 bits per heavy atom. The van der Waals surface area contributed by atoms with Crippen LogP contribution in [0.3, 0.4) is 0 Å². The quantitative estimate of drug-likeness (QED) is 0.469. The maximum atomic E-state index is 9.24. The Morgan fingerprint density at radius 1 is 1.83 bits per heavy atom. The van der Waals surface area contributed by atoms with Crippen LogP contribution in [0.2, 0.25) is 0 Å². The van der Waals surface area contributed by atoms with Crippen LogP contribution in [0.5, 0.6) is 0 Å². The summed E-state index contributed by atoms with van der Waals surface area (Å²) in [5.74, 6) is -0.968. The fraction of sp³-hybridized carbons (Fsp3) is 0.500. The van der Waals surface area contributed by atoms with Crippen molar-refractivity contribution in [3.8, 4) is 0 Å². The maximum absolute atomic E-state index is 9.24. The van der Waals surface area contributed by atoms with Gasteiger partial charge in [0.1, 0.15) is 0 Å². The molecule has 2 radical (unpaired) electrons. The second-order valence-electron chi connectivity index (χ2n) is 0.598. The van der Waals surface area contributed by atoms with Gasteiger partial charge in [0, 0.05) is 45.5 Å². The Kier molecular flexibility index (Phi) is 9.86. The summed E-state index contributed by atoms with van der Waals surface area (Å²) in [5.41, 5.74) is 4.57. The molecule has 0 unspecified atom stereocenters. The number of aliphatic carboxylic acids is 1. The van der Waals surface area contributed by atoms with Crippen LogP contribution in [0.25, 0.3) is 0 Å². The molecule has 0 aromatic carbocycles. The molecule has 0 aliphatic rings. The third-order valence-corrected chi connectivity index (χ3v) is 0.175. The number of nitrogens with two attached hydrogens (primary N) is 1. The van der Waals surface area contributed by atoms with E-state index < -0.39 is 5.97 Å². The van der Waals surface area contributed by atoms with Gasteiger partial charge in [-0.3, -0.25) is 4.79 Å². The molecule has 0 fully saturated rings. The predicted molar refractivity (Wildman–Crippen MR) is 22.4 cm³/mol. The van der Waals surface area contributed by atoms with Gasteiger partial charge in [0.05, 0.1) is 6.54 Å². The third kappa shape index (κ3) is 8.86. The van der Waals surface area contributed by atoms with Crippen LogP contribution >= 0.6 is 0 Å². The summed E-state index contributed by atoms with van der Waals surface area (Å²) >= 11 is 0. The zero-order valence-corrected chi connectivity index (χ0v) is 6.82. The van der Waals surface area contributed by atoms with Gasteiger partial charge in [-0.05, 0) is 0 Å². The number of rotatable bonds is 1. The molecule has 3 nitrogen and oxygen atoms in total. The molecule has 0 saturated carbocycles. The van der Waals surface area contributed by atoms with Crippen molar-refractivity contribution in [1.82, 2.24) is 0 Å². The molecule has 4 heteroatoms. The van der Waals surface area contributed by atoms with Crippen molar-refractivity contribution in [2.45, 2.75) is 0 Å². The van der Waals surface area contributed by atoms with Crippen molar-refractivity contribution < 1.29 is 9.90 Å². The van der Waals surface area contributed by atoms with E-state index in [4.69, 9.17) is 5.11 Å². The van der Waals surface area contributed by atoms with Crippen LogP contribution < -0.4 is 5.73 Å². The normalized spacial score (nSPS) is 6.17. The second kappa shape index (κ2) is 5.91. The molecular formula is C2H5NO2Sr. The monoisotopic (exact) mass is 163 g/mol. The minimum Gasteiger partial charge on any atom is -0.480 e. The zero-order chi connectivity index (χ0) is 4.28. The Balaban J connectivity index is 0. The molecule has 0 aromatic heterocycles. The van der Waals surface area contributed by atoms with Crippen molar-refractivity contribution >= 4 is 51.5 Å². The molecule has 0 aliphatic carbocycles. The largest absolute Gasteiger partial charge is 0.480 e. The topological polar surface area (TPSA) is 63.3 Å². The van der Waals surface area contributed by atoms with Gasteiger partial charge in [-0.2, -0.15) is 0 Å². The molecule has 0 spiro atoms. The summed E-state index contributed by atoms with van der Waals surface area (Å²) in [4.78, 5) is 9.24. The first-order valence-electron chi connectivity index (χ1n) is 1.19. The summed E-state index contributed by atoms with van der Waals surface area (Å²) in [7, 11) is 0. The molecule has 3 N–H and O–H groups in total. The third-order valence-electron chi connectivity index (χ3n) is 0.175. The van der Waals surface area contributed by atoms with Crippen LogP contribution in [0.15, 0.2) is 0 Å². The van der Waals surface area contributed by atoms with E-state index >= 15 is 0 Å². The molecule has 32 valence electrons. The van der Waals surface area contributed by atoms with Crippen LogP contribution in [0, 0.1) is 0 Å². The van der Waals surface area contributed by atoms with Gasteiger partial charge in [-0.1, -0.05) is 0 Å². The maximum Gasteiger partial charge on any atom is 0.317 e. The summed E-state index contributed by atoms with van der Waals surface area (Å²) < 4.78 is 0. The van der Waals surface area contributed by atoms with Crippen LogP contribution in [-0.2, 0) is 4.79 Å². The first-order chi connectivity index (χ1) is 2.27. The van der Waals surface area contributed by atoms with Crippen LogP contribution in [-0.4, -0.2) is 63.1 Å². The average Bonchev–Trinajstić information content (AvgIpc) is 1.38. The van der Waals surface area contributed by atoms with E-state index in [1.807, 2.05) is 0 Å². The minimum absolute atomic E-state index is 0. The molecule has 0 atom stereocenters. The van der Waals surface area contributed by atoms with Gasteiger partial charge in [0.25, 0.3) is 0 Å². The summed E-state index contributed by atoms with van der Waals surface area (Å²) in [5, 5.41) is 7.60. The molecule has 0 aliphatic heterocycles.